The number of nitrogens with one attached hydrogen (secondary N) is 1. The zero-order valence-electron chi connectivity index (χ0n) is 18.5. The van der Waals surface area contributed by atoms with E-state index in [0.29, 0.717) is 16.4 Å². The van der Waals surface area contributed by atoms with Crippen LogP contribution in [0.2, 0.25) is 0 Å². The molecule has 2 aliphatic heterocycles. The first kappa shape index (κ1) is 22.5. The summed E-state index contributed by atoms with van der Waals surface area (Å²) in [6.45, 7) is 4.88. The maximum absolute atomic E-state index is 11.2. The molecule has 5 rings (SSSR count). The number of rotatable bonds is 7. The summed E-state index contributed by atoms with van der Waals surface area (Å²) in [5, 5.41) is 15.3. The lowest BCUT2D eigenvalue weighted by molar-refractivity contribution is -0.384. The summed E-state index contributed by atoms with van der Waals surface area (Å²) in [7, 11) is 0. The Morgan fingerprint density at radius 3 is 2.74 bits per heavy atom. The van der Waals surface area contributed by atoms with Gasteiger partial charge in [-0.15, -0.1) is 0 Å². The fourth-order valence-corrected chi connectivity index (χ4v) is 4.80. The molecule has 4 heterocycles. The van der Waals surface area contributed by atoms with E-state index in [2.05, 4.69) is 20.1 Å². The molecule has 9 nitrogen and oxygen atoms in total. The zero-order chi connectivity index (χ0) is 23.5. The first-order valence-electron chi connectivity index (χ1n) is 11.2. The molecule has 2 atom stereocenters. The summed E-state index contributed by atoms with van der Waals surface area (Å²) in [5.74, 6) is 1.30. The van der Waals surface area contributed by atoms with Gasteiger partial charge in [-0.05, 0) is 36.5 Å². The van der Waals surface area contributed by atoms with E-state index in [1.54, 1.807) is 18.3 Å². The van der Waals surface area contributed by atoms with E-state index in [1.165, 1.54) is 12.1 Å². The number of non-ortho nitro benzene ring substituents is 1. The second kappa shape index (κ2) is 9.88. The average Bonchev–Trinajstić information content (AvgIpc) is 3.48. The van der Waals surface area contributed by atoms with Crippen molar-refractivity contribution in [2.75, 3.05) is 39.4 Å². The Morgan fingerprint density at radius 1 is 1.12 bits per heavy atom. The number of hydrogen-bond donors (Lipinski definition) is 1. The maximum atomic E-state index is 11.2. The standard InChI is InChI=1S/C24H25N5O4S/c30-29(31)18-5-3-4-17(16-18)20-7-8-21(33-20)23-22(19-6-1-2-9-25-19)26-24(34)28(23)11-10-27-12-14-32-15-13-27/h1-9,16,22-23H,10-15H2,(H,26,34). The molecule has 0 aliphatic carbocycles. The van der Waals surface area contributed by atoms with Crippen molar-refractivity contribution >= 4 is 23.0 Å². The van der Waals surface area contributed by atoms with Crippen molar-refractivity contribution in [2.45, 2.75) is 12.1 Å². The highest BCUT2D eigenvalue weighted by Crippen LogP contribution is 2.40. The topological polar surface area (TPSA) is 96.9 Å². The largest absolute Gasteiger partial charge is 0.459 e. The van der Waals surface area contributed by atoms with Crippen molar-refractivity contribution in [1.29, 1.82) is 0 Å². The molecule has 2 saturated heterocycles. The van der Waals surface area contributed by atoms with Gasteiger partial charge in [0.05, 0.1) is 29.9 Å². The van der Waals surface area contributed by atoms with Crippen LogP contribution in [0.4, 0.5) is 5.69 Å². The van der Waals surface area contributed by atoms with E-state index < -0.39 is 4.92 Å². The molecule has 0 spiro atoms. The monoisotopic (exact) mass is 479 g/mol. The zero-order valence-corrected chi connectivity index (χ0v) is 19.3. The van der Waals surface area contributed by atoms with E-state index in [-0.39, 0.29) is 17.8 Å². The van der Waals surface area contributed by atoms with Gasteiger partial charge in [0.25, 0.3) is 5.69 Å². The molecule has 2 aliphatic rings. The molecule has 34 heavy (non-hydrogen) atoms. The molecule has 3 aromatic rings. The van der Waals surface area contributed by atoms with Gasteiger partial charge < -0.3 is 19.4 Å². The van der Waals surface area contributed by atoms with Crippen LogP contribution >= 0.6 is 12.2 Å². The number of morpholine rings is 1. The van der Waals surface area contributed by atoms with Gasteiger partial charge in [0.15, 0.2) is 5.11 Å². The van der Waals surface area contributed by atoms with Crippen LogP contribution < -0.4 is 5.32 Å². The van der Waals surface area contributed by atoms with Crippen molar-refractivity contribution in [3.05, 3.63) is 82.4 Å². The highest BCUT2D eigenvalue weighted by atomic mass is 32.1. The number of aromatic nitrogens is 1. The smallest absolute Gasteiger partial charge is 0.270 e. The minimum Gasteiger partial charge on any atom is -0.459 e. The van der Waals surface area contributed by atoms with Gasteiger partial charge >= 0.3 is 0 Å². The minimum atomic E-state index is -0.406. The third kappa shape index (κ3) is 4.65. The first-order valence-corrected chi connectivity index (χ1v) is 11.6. The van der Waals surface area contributed by atoms with Crippen molar-refractivity contribution in [2.24, 2.45) is 0 Å². The Labute approximate surface area is 202 Å². The van der Waals surface area contributed by atoms with Crippen LogP contribution in [0.15, 0.2) is 65.2 Å². The molecule has 0 bridgehead atoms. The Hall–Kier alpha value is -3.34. The van der Waals surface area contributed by atoms with Crippen LogP contribution in [-0.2, 0) is 4.74 Å². The number of pyridine rings is 1. The quantitative estimate of drug-likeness (QED) is 0.310. The van der Waals surface area contributed by atoms with Crippen LogP contribution in [0.1, 0.15) is 23.5 Å². The fourth-order valence-electron chi connectivity index (χ4n) is 4.47. The van der Waals surface area contributed by atoms with Crippen LogP contribution in [0, 0.1) is 10.1 Å². The van der Waals surface area contributed by atoms with Crippen molar-refractivity contribution in [1.82, 2.24) is 20.1 Å². The van der Waals surface area contributed by atoms with Gasteiger partial charge in [-0.1, -0.05) is 18.2 Å². The molecular weight excluding hydrogens is 454 g/mol. The normalized spacial score (nSPS) is 20.9. The van der Waals surface area contributed by atoms with E-state index in [9.17, 15) is 10.1 Å². The van der Waals surface area contributed by atoms with Crippen LogP contribution in [0.25, 0.3) is 11.3 Å². The fraction of sp³-hybridized carbons (Fsp3) is 0.333. The van der Waals surface area contributed by atoms with Gasteiger partial charge in [0.2, 0.25) is 0 Å². The molecule has 2 unspecified atom stereocenters. The molecular formula is C24H25N5O4S. The number of thiocarbonyl (C=S) groups is 1. The lowest BCUT2D eigenvalue weighted by Crippen LogP contribution is -2.42. The predicted molar refractivity (Wildman–Crippen MR) is 130 cm³/mol. The van der Waals surface area contributed by atoms with E-state index >= 15 is 0 Å². The molecule has 2 aromatic heterocycles. The highest BCUT2D eigenvalue weighted by molar-refractivity contribution is 7.80. The van der Waals surface area contributed by atoms with Gasteiger partial charge in [-0.25, -0.2) is 0 Å². The molecule has 1 aromatic carbocycles. The van der Waals surface area contributed by atoms with E-state index in [1.807, 2.05) is 30.3 Å². The average molecular weight is 480 g/mol. The lowest BCUT2D eigenvalue weighted by atomic mass is 10.0. The predicted octanol–water partition coefficient (Wildman–Crippen LogP) is 3.55. The molecule has 0 saturated carbocycles. The third-order valence-electron chi connectivity index (χ3n) is 6.22. The van der Waals surface area contributed by atoms with Crippen molar-refractivity contribution in [3.8, 4) is 11.3 Å². The van der Waals surface area contributed by atoms with E-state index in [0.717, 1.165) is 50.8 Å². The molecule has 1 N–H and O–H groups in total. The number of nitrogens with zero attached hydrogens (tertiary/aromatic N) is 4. The lowest BCUT2D eigenvalue weighted by Gasteiger charge is -2.31. The van der Waals surface area contributed by atoms with E-state index in [4.69, 9.17) is 21.4 Å². The summed E-state index contributed by atoms with van der Waals surface area (Å²) >= 11 is 5.73. The number of nitro groups is 1. The second-order valence-electron chi connectivity index (χ2n) is 8.28. The number of furan rings is 1. The SMILES string of the molecule is O=[N+]([O-])c1cccc(-c2ccc(C3C(c4ccccn4)NC(=S)N3CCN3CCOCC3)o2)c1. The summed E-state index contributed by atoms with van der Waals surface area (Å²) < 4.78 is 11.8. The van der Waals surface area contributed by atoms with Crippen LogP contribution in [0.5, 0.6) is 0 Å². The number of hydrogen-bond acceptors (Lipinski definition) is 7. The number of ether oxygens (including phenoxy) is 1. The Kier molecular flexibility index (Phi) is 6.52. The second-order valence-corrected chi connectivity index (χ2v) is 8.67. The number of benzene rings is 1. The molecule has 0 radical (unpaired) electrons. The summed E-state index contributed by atoms with van der Waals surface area (Å²) in [6, 6.07) is 15.7. The molecule has 176 valence electrons. The maximum Gasteiger partial charge on any atom is 0.270 e. The highest BCUT2D eigenvalue weighted by Gasteiger charge is 2.41. The Balaban J connectivity index is 1.45. The van der Waals surface area contributed by atoms with Gasteiger partial charge in [0, 0.05) is 50.1 Å². The molecule has 2 fully saturated rings. The van der Waals surface area contributed by atoms with Crippen molar-refractivity contribution < 1.29 is 14.1 Å². The Morgan fingerprint density at radius 2 is 1.97 bits per heavy atom. The first-order chi connectivity index (χ1) is 16.6. The van der Waals surface area contributed by atoms with Crippen molar-refractivity contribution in [3.63, 3.8) is 0 Å². The van der Waals surface area contributed by atoms with Gasteiger partial charge in [0.1, 0.15) is 17.6 Å². The summed E-state index contributed by atoms with van der Waals surface area (Å²) in [5.41, 5.74) is 1.55. The Bertz CT molecular complexity index is 1160. The molecule has 0 amide bonds. The summed E-state index contributed by atoms with van der Waals surface area (Å²) in [4.78, 5) is 19.9. The van der Waals surface area contributed by atoms with Gasteiger partial charge in [-0.2, -0.15) is 0 Å². The van der Waals surface area contributed by atoms with Crippen LogP contribution in [0.3, 0.4) is 0 Å². The third-order valence-corrected chi connectivity index (χ3v) is 6.57. The van der Waals surface area contributed by atoms with Crippen LogP contribution in [-0.4, -0.2) is 64.2 Å². The number of nitro benzene ring substituents is 1. The molecule has 10 heteroatoms. The summed E-state index contributed by atoms with van der Waals surface area (Å²) in [6.07, 6.45) is 1.77. The van der Waals surface area contributed by atoms with Gasteiger partial charge in [-0.3, -0.25) is 20.0 Å². The minimum absolute atomic E-state index is 0.0256.